The lowest BCUT2D eigenvalue weighted by Gasteiger charge is -2.27. The largest absolute Gasteiger partial charge is 0.495 e. The van der Waals surface area contributed by atoms with Crippen molar-refractivity contribution in [1.82, 2.24) is 4.90 Å². The van der Waals surface area contributed by atoms with E-state index in [9.17, 15) is 0 Å². The molecule has 0 heterocycles. The van der Waals surface area contributed by atoms with Gasteiger partial charge in [-0.05, 0) is 43.5 Å². The molecule has 0 spiro atoms. The van der Waals surface area contributed by atoms with Gasteiger partial charge in [0.2, 0.25) is 0 Å². The molecule has 102 valence electrons. The third-order valence-electron chi connectivity index (χ3n) is 3.79. The molecule has 0 radical (unpaired) electrons. The first-order chi connectivity index (χ1) is 9.19. The minimum atomic E-state index is 0.452. The van der Waals surface area contributed by atoms with Gasteiger partial charge in [-0.15, -0.1) is 0 Å². The minimum absolute atomic E-state index is 0.452. The maximum Gasteiger partial charge on any atom is 0.136 e. The van der Waals surface area contributed by atoms with Crippen molar-refractivity contribution < 1.29 is 4.74 Å². The van der Waals surface area contributed by atoms with E-state index >= 15 is 0 Å². The van der Waals surface area contributed by atoms with Crippen molar-refractivity contribution in [2.45, 2.75) is 25.4 Å². The molecule has 1 fully saturated rings. The van der Waals surface area contributed by atoms with Crippen LogP contribution in [0, 0.1) is 17.2 Å². The predicted octanol–water partition coefficient (Wildman–Crippen LogP) is 1.74. The average Bonchev–Trinajstić information content (AvgIpc) is 3.24. The summed E-state index contributed by atoms with van der Waals surface area (Å²) in [5.41, 5.74) is 7.57. The molecule has 0 aliphatic heterocycles. The summed E-state index contributed by atoms with van der Waals surface area (Å²) in [7, 11) is 3.69. The van der Waals surface area contributed by atoms with Crippen LogP contribution < -0.4 is 10.5 Å². The summed E-state index contributed by atoms with van der Waals surface area (Å²) in [5, 5.41) is 9.10. The number of ether oxygens (including phenoxy) is 1. The molecule has 2 N–H and O–H groups in total. The van der Waals surface area contributed by atoms with Gasteiger partial charge in [-0.25, -0.2) is 0 Å². The molecular weight excluding hydrogens is 238 g/mol. The van der Waals surface area contributed by atoms with Gasteiger partial charge in [-0.2, -0.15) is 5.26 Å². The summed E-state index contributed by atoms with van der Waals surface area (Å²) in [6.07, 6.45) is 2.58. The van der Waals surface area contributed by atoms with Crippen LogP contribution in [0.3, 0.4) is 0 Å². The molecule has 0 saturated heterocycles. The van der Waals surface area contributed by atoms with E-state index in [-0.39, 0.29) is 0 Å². The highest BCUT2D eigenvalue weighted by Gasteiger charge is 2.32. The van der Waals surface area contributed by atoms with E-state index in [0.717, 1.165) is 18.0 Å². The van der Waals surface area contributed by atoms with Gasteiger partial charge >= 0.3 is 0 Å². The highest BCUT2D eigenvalue weighted by molar-refractivity contribution is 5.45. The Bertz CT molecular complexity index is 477. The summed E-state index contributed by atoms with van der Waals surface area (Å²) >= 11 is 0. The fourth-order valence-electron chi connectivity index (χ4n) is 2.56. The van der Waals surface area contributed by atoms with Gasteiger partial charge in [0.1, 0.15) is 11.8 Å². The van der Waals surface area contributed by atoms with Gasteiger partial charge in [0, 0.05) is 19.1 Å². The van der Waals surface area contributed by atoms with E-state index in [1.165, 1.54) is 12.8 Å². The molecule has 4 nitrogen and oxygen atoms in total. The Morgan fingerprint density at radius 2 is 2.26 bits per heavy atom. The molecule has 1 aromatic carbocycles. The number of methoxy groups -OCH3 is 1. The summed E-state index contributed by atoms with van der Waals surface area (Å²) in [6, 6.07) is 8.39. The van der Waals surface area contributed by atoms with E-state index in [1.54, 1.807) is 7.11 Å². The van der Waals surface area contributed by atoms with E-state index in [4.69, 9.17) is 15.7 Å². The fraction of sp³-hybridized carbons (Fsp3) is 0.533. The number of nitrogens with two attached hydrogens (primary N) is 1. The molecule has 2 rings (SSSR count). The van der Waals surface area contributed by atoms with Crippen LogP contribution >= 0.6 is 0 Å². The molecule has 1 atom stereocenters. The second kappa shape index (κ2) is 6.05. The molecular formula is C15H21N3O. The van der Waals surface area contributed by atoms with Crippen LogP contribution in [0.1, 0.15) is 24.0 Å². The third kappa shape index (κ3) is 3.25. The summed E-state index contributed by atoms with van der Waals surface area (Å²) in [4.78, 5) is 2.29. The zero-order valence-corrected chi connectivity index (χ0v) is 11.6. The van der Waals surface area contributed by atoms with Gasteiger partial charge < -0.3 is 10.5 Å². The van der Waals surface area contributed by atoms with Crippen molar-refractivity contribution >= 4 is 0 Å². The van der Waals surface area contributed by atoms with Gasteiger partial charge in [0.25, 0.3) is 0 Å². The van der Waals surface area contributed by atoms with Crippen LogP contribution in [0.2, 0.25) is 0 Å². The Morgan fingerprint density at radius 3 is 2.79 bits per heavy atom. The van der Waals surface area contributed by atoms with Crippen molar-refractivity contribution in [2.75, 3.05) is 20.7 Å². The van der Waals surface area contributed by atoms with Gasteiger partial charge in [-0.1, -0.05) is 6.07 Å². The smallest absolute Gasteiger partial charge is 0.136 e. The monoisotopic (exact) mass is 259 g/mol. The highest BCUT2D eigenvalue weighted by atomic mass is 16.5. The Hall–Kier alpha value is -1.57. The predicted molar refractivity (Wildman–Crippen MR) is 74.7 cm³/mol. The highest BCUT2D eigenvalue weighted by Crippen LogP contribution is 2.35. The molecule has 4 heteroatoms. The van der Waals surface area contributed by atoms with Crippen molar-refractivity contribution in [3.8, 4) is 11.8 Å². The zero-order valence-electron chi connectivity index (χ0n) is 11.6. The third-order valence-corrected chi connectivity index (χ3v) is 3.79. The molecule has 0 aromatic heterocycles. The Labute approximate surface area is 114 Å². The SMILES string of the molecule is COc1ccc(CN(C)C(CN)C2CC2)cc1C#N. The Balaban J connectivity index is 2.08. The number of benzene rings is 1. The average molecular weight is 259 g/mol. The number of likely N-dealkylation sites (N-methyl/N-ethyl adjacent to an activating group) is 1. The normalized spacial score (nSPS) is 16.2. The summed E-state index contributed by atoms with van der Waals surface area (Å²) in [6.45, 7) is 1.51. The summed E-state index contributed by atoms with van der Waals surface area (Å²) < 4.78 is 5.16. The molecule has 19 heavy (non-hydrogen) atoms. The number of nitrogens with zero attached hydrogens (tertiary/aromatic N) is 2. The number of rotatable bonds is 6. The van der Waals surface area contributed by atoms with E-state index in [2.05, 4.69) is 18.0 Å². The van der Waals surface area contributed by atoms with Crippen LogP contribution in [0.25, 0.3) is 0 Å². The molecule has 0 bridgehead atoms. The molecule has 1 aromatic rings. The molecule has 1 saturated carbocycles. The van der Waals surface area contributed by atoms with Crippen LogP contribution in [0.15, 0.2) is 18.2 Å². The van der Waals surface area contributed by atoms with Crippen molar-refractivity contribution in [2.24, 2.45) is 11.7 Å². The van der Waals surface area contributed by atoms with Gasteiger partial charge in [0.15, 0.2) is 0 Å². The lowest BCUT2D eigenvalue weighted by molar-refractivity contribution is 0.215. The Morgan fingerprint density at radius 1 is 1.53 bits per heavy atom. The lowest BCUT2D eigenvalue weighted by Crippen LogP contribution is -2.39. The number of hydrogen-bond acceptors (Lipinski definition) is 4. The van der Waals surface area contributed by atoms with Crippen molar-refractivity contribution in [3.05, 3.63) is 29.3 Å². The fourth-order valence-corrected chi connectivity index (χ4v) is 2.56. The van der Waals surface area contributed by atoms with Crippen LogP contribution in [-0.2, 0) is 6.54 Å². The molecule has 1 aliphatic carbocycles. The lowest BCUT2D eigenvalue weighted by atomic mass is 10.1. The molecule has 1 aliphatic rings. The standard InChI is InChI=1S/C15H21N3O/c1-18(14(9-17)12-4-5-12)10-11-3-6-15(19-2)13(7-11)8-16/h3,6-7,12,14H,4-5,9-10,17H2,1-2H3. The minimum Gasteiger partial charge on any atom is -0.495 e. The van der Waals surface area contributed by atoms with Crippen molar-refractivity contribution in [3.63, 3.8) is 0 Å². The number of nitriles is 1. The van der Waals surface area contributed by atoms with E-state index < -0.39 is 0 Å². The first-order valence-electron chi connectivity index (χ1n) is 6.67. The summed E-state index contributed by atoms with van der Waals surface area (Å²) in [5.74, 6) is 1.38. The van der Waals surface area contributed by atoms with Crippen LogP contribution in [0.4, 0.5) is 0 Å². The first-order valence-corrected chi connectivity index (χ1v) is 6.67. The maximum absolute atomic E-state index is 9.10. The van der Waals surface area contributed by atoms with Gasteiger partial charge in [-0.3, -0.25) is 4.90 Å². The molecule has 0 amide bonds. The topological polar surface area (TPSA) is 62.3 Å². The second-order valence-electron chi connectivity index (χ2n) is 5.20. The van der Waals surface area contributed by atoms with E-state index in [1.807, 2.05) is 18.2 Å². The van der Waals surface area contributed by atoms with Crippen LogP contribution in [0.5, 0.6) is 5.75 Å². The van der Waals surface area contributed by atoms with E-state index in [0.29, 0.717) is 23.9 Å². The maximum atomic E-state index is 9.10. The first kappa shape index (κ1) is 13.9. The van der Waals surface area contributed by atoms with Crippen molar-refractivity contribution in [1.29, 1.82) is 5.26 Å². The quantitative estimate of drug-likeness (QED) is 0.845. The second-order valence-corrected chi connectivity index (χ2v) is 5.20. The molecule has 1 unspecified atom stereocenters. The zero-order chi connectivity index (χ0) is 13.8. The Kier molecular flexibility index (Phi) is 4.41. The van der Waals surface area contributed by atoms with Gasteiger partial charge in [0.05, 0.1) is 12.7 Å². The van der Waals surface area contributed by atoms with Crippen LogP contribution in [-0.4, -0.2) is 31.6 Å². The number of hydrogen-bond donors (Lipinski definition) is 1.